The highest BCUT2D eigenvalue weighted by atomic mass is 127. The summed E-state index contributed by atoms with van der Waals surface area (Å²) in [6.07, 6.45) is 0. The molecule has 0 aliphatic carbocycles. The summed E-state index contributed by atoms with van der Waals surface area (Å²) < 4.78 is 6.77. The van der Waals surface area contributed by atoms with E-state index >= 15 is 0 Å². The second kappa shape index (κ2) is 5.21. The van der Waals surface area contributed by atoms with Crippen molar-refractivity contribution in [2.45, 2.75) is 31.1 Å². The zero-order valence-electron chi connectivity index (χ0n) is 10.3. The Labute approximate surface area is 116 Å². The van der Waals surface area contributed by atoms with E-state index in [-0.39, 0.29) is 0 Å². The average Bonchev–Trinajstić information content (AvgIpc) is 2.74. The van der Waals surface area contributed by atoms with Crippen LogP contribution in [0.3, 0.4) is 0 Å². The predicted molar refractivity (Wildman–Crippen MR) is 78.5 cm³/mol. The van der Waals surface area contributed by atoms with E-state index in [2.05, 4.69) is 72.6 Å². The first-order valence-corrected chi connectivity index (χ1v) is 7.27. The molecule has 0 saturated carbocycles. The topological polar surface area (TPSA) is 26.0 Å². The first kappa shape index (κ1) is 12.6. The maximum absolute atomic E-state index is 5.88. The van der Waals surface area contributed by atoms with Crippen LogP contribution in [-0.4, -0.2) is 4.98 Å². The Hall–Kier alpha value is -0.840. The Balaban J connectivity index is 2.42. The molecule has 17 heavy (non-hydrogen) atoms. The largest absolute Gasteiger partial charge is 0.441 e. The van der Waals surface area contributed by atoms with Crippen molar-refractivity contribution in [3.63, 3.8) is 0 Å². The Morgan fingerprint density at radius 1 is 1.24 bits per heavy atom. The minimum atomic E-state index is 0.381. The van der Waals surface area contributed by atoms with Crippen LogP contribution in [0.5, 0.6) is 0 Å². The molecule has 0 N–H and O–H groups in total. The van der Waals surface area contributed by atoms with E-state index in [1.165, 1.54) is 5.56 Å². The van der Waals surface area contributed by atoms with Crippen LogP contribution in [0, 0.1) is 6.92 Å². The highest BCUT2D eigenvalue weighted by molar-refractivity contribution is 14.1. The zero-order valence-corrected chi connectivity index (χ0v) is 12.5. The van der Waals surface area contributed by atoms with E-state index in [1.54, 1.807) is 0 Å². The van der Waals surface area contributed by atoms with Crippen LogP contribution in [0.1, 0.15) is 36.8 Å². The SMILES string of the molecule is Cc1ccc(-c2nc(CI)c(C(C)C)o2)cc1. The molecule has 3 heteroatoms. The van der Waals surface area contributed by atoms with Crippen LogP contribution in [0.25, 0.3) is 11.5 Å². The van der Waals surface area contributed by atoms with Gasteiger partial charge in [-0.15, -0.1) is 0 Å². The number of aromatic nitrogens is 1. The Morgan fingerprint density at radius 2 is 1.88 bits per heavy atom. The third kappa shape index (κ3) is 2.70. The van der Waals surface area contributed by atoms with Gasteiger partial charge in [-0.1, -0.05) is 54.1 Å². The molecule has 1 aromatic heterocycles. The molecule has 90 valence electrons. The summed E-state index contributed by atoms with van der Waals surface area (Å²) >= 11 is 2.33. The number of hydrogen-bond donors (Lipinski definition) is 0. The smallest absolute Gasteiger partial charge is 0.226 e. The first-order valence-electron chi connectivity index (χ1n) is 5.74. The van der Waals surface area contributed by atoms with Crippen molar-refractivity contribution in [2.75, 3.05) is 0 Å². The van der Waals surface area contributed by atoms with E-state index < -0.39 is 0 Å². The van der Waals surface area contributed by atoms with Gasteiger partial charge in [-0.3, -0.25) is 0 Å². The number of aryl methyl sites for hydroxylation is 1. The van der Waals surface area contributed by atoms with E-state index in [1.807, 2.05) is 0 Å². The summed E-state index contributed by atoms with van der Waals surface area (Å²) in [4.78, 5) is 4.58. The van der Waals surface area contributed by atoms with E-state index in [0.29, 0.717) is 5.92 Å². The molecule has 0 aliphatic rings. The highest BCUT2D eigenvalue weighted by Gasteiger charge is 2.16. The Bertz CT molecular complexity index is 499. The maximum Gasteiger partial charge on any atom is 0.226 e. The quantitative estimate of drug-likeness (QED) is 0.597. The monoisotopic (exact) mass is 341 g/mol. The molecule has 0 aliphatic heterocycles. The van der Waals surface area contributed by atoms with Gasteiger partial charge in [0.1, 0.15) is 5.76 Å². The molecule has 0 fully saturated rings. The second-order valence-electron chi connectivity index (χ2n) is 4.48. The van der Waals surface area contributed by atoms with Crippen molar-refractivity contribution >= 4 is 22.6 Å². The fourth-order valence-corrected chi connectivity index (χ4v) is 2.28. The van der Waals surface area contributed by atoms with E-state index in [0.717, 1.165) is 27.3 Å². The molecule has 0 spiro atoms. The highest BCUT2D eigenvalue weighted by Crippen LogP contribution is 2.28. The second-order valence-corrected chi connectivity index (χ2v) is 5.25. The predicted octanol–water partition coefficient (Wildman–Crippen LogP) is 4.71. The van der Waals surface area contributed by atoms with Crippen LogP contribution in [0.15, 0.2) is 28.7 Å². The van der Waals surface area contributed by atoms with Crippen LogP contribution in [-0.2, 0) is 4.43 Å². The molecule has 0 amide bonds. The molecule has 1 heterocycles. The van der Waals surface area contributed by atoms with Crippen LogP contribution >= 0.6 is 22.6 Å². The average molecular weight is 341 g/mol. The molecule has 0 atom stereocenters. The van der Waals surface area contributed by atoms with Crippen molar-refractivity contribution in [3.8, 4) is 11.5 Å². The number of hydrogen-bond acceptors (Lipinski definition) is 2. The van der Waals surface area contributed by atoms with Gasteiger partial charge >= 0.3 is 0 Å². The number of benzene rings is 1. The molecule has 0 bridgehead atoms. The number of halogens is 1. The third-order valence-electron chi connectivity index (χ3n) is 2.68. The lowest BCUT2D eigenvalue weighted by atomic mass is 10.1. The van der Waals surface area contributed by atoms with Gasteiger partial charge in [0.2, 0.25) is 5.89 Å². The minimum absolute atomic E-state index is 0.381. The van der Waals surface area contributed by atoms with Crippen LogP contribution < -0.4 is 0 Å². The van der Waals surface area contributed by atoms with Crippen molar-refractivity contribution in [1.82, 2.24) is 4.98 Å². The maximum atomic E-state index is 5.88. The summed E-state index contributed by atoms with van der Waals surface area (Å²) in [5.74, 6) is 2.13. The molecule has 0 unspecified atom stereocenters. The first-order chi connectivity index (χ1) is 8.11. The number of rotatable bonds is 3. The summed E-state index contributed by atoms with van der Waals surface area (Å²) in [6.45, 7) is 6.35. The third-order valence-corrected chi connectivity index (χ3v) is 3.40. The van der Waals surface area contributed by atoms with Gasteiger partial charge in [-0.2, -0.15) is 0 Å². The minimum Gasteiger partial charge on any atom is -0.441 e. The summed E-state index contributed by atoms with van der Waals surface area (Å²) in [5, 5.41) is 0. The molecule has 0 radical (unpaired) electrons. The van der Waals surface area contributed by atoms with E-state index in [9.17, 15) is 0 Å². The van der Waals surface area contributed by atoms with Gasteiger partial charge in [-0.05, 0) is 19.1 Å². The molecule has 2 aromatic rings. The number of alkyl halides is 1. The molecule has 0 saturated heterocycles. The normalized spacial score (nSPS) is 11.1. The van der Waals surface area contributed by atoms with Crippen molar-refractivity contribution in [2.24, 2.45) is 0 Å². The van der Waals surface area contributed by atoms with Gasteiger partial charge in [0.25, 0.3) is 0 Å². The summed E-state index contributed by atoms with van der Waals surface area (Å²) in [6, 6.07) is 8.28. The fourth-order valence-electron chi connectivity index (χ4n) is 1.73. The molecule has 2 rings (SSSR count). The summed E-state index contributed by atoms with van der Waals surface area (Å²) in [5.41, 5.74) is 3.36. The lowest BCUT2D eigenvalue weighted by molar-refractivity contribution is 0.492. The lowest BCUT2D eigenvalue weighted by Gasteiger charge is -2.00. The van der Waals surface area contributed by atoms with Gasteiger partial charge in [0, 0.05) is 15.9 Å². The van der Waals surface area contributed by atoms with Crippen LogP contribution in [0.4, 0.5) is 0 Å². The Kier molecular flexibility index (Phi) is 3.86. The van der Waals surface area contributed by atoms with Gasteiger partial charge in [-0.25, -0.2) is 4.98 Å². The fraction of sp³-hybridized carbons (Fsp3) is 0.357. The number of nitrogens with zero attached hydrogens (tertiary/aromatic N) is 1. The molecular formula is C14H16INO. The van der Waals surface area contributed by atoms with Gasteiger partial charge in [0.05, 0.1) is 5.69 Å². The van der Waals surface area contributed by atoms with Crippen molar-refractivity contribution in [1.29, 1.82) is 0 Å². The number of oxazole rings is 1. The van der Waals surface area contributed by atoms with E-state index in [4.69, 9.17) is 4.42 Å². The van der Waals surface area contributed by atoms with Crippen LogP contribution in [0.2, 0.25) is 0 Å². The zero-order chi connectivity index (χ0) is 12.4. The van der Waals surface area contributed by atoms with Gasteiger partial charge < -0.3 is 4.42 Å². The Morgan fingerprint density at radius 3 is 2.35 bits per heavy atom. The molecule has 1 aromatic carbocycles. The summed E-state index contributed by atoms with van der Waals surface area (Å²) in [7, 11) is 0. The lowest BCUT2D eigenvalue weighted by Crippen LogP contribution is -1.89. The van der Waals surface area contributed by atoms with Crippen molar-refractivity contribution in [3.05, 3.63) is 41.3 Å². The van der Waals surface area contributed by atoms with Crippen molar-refractivity contribution < 1.29 is 4.42 Å². The van der Waals surface area contributed by atoms with Gasteiger partial charge in [0.15, 0.2) is 0 Å². The standard InChI is InChI=1S/C14H16INO/c1-9(2)13-12(8-15)16-14(17-13)11-6-4-10(3)5-7-11/h4-7,9H,8H2,1-3H3. The molecular weight excluding hydrogens is 325 g/mol. The molecule has 2 nitrogen and oxygen atoms in total.